The van der Waals surface area contributed by atoms with Gasteiger partial charge < -0.3 is 9.84 Å². The lowest BCUT2D eigenvalue weighted by molar-refractivity contribution is -0.141. The number of aromatic hydroxyl groups is 1. The molecule has 0 aromatic heterocycles. The molecule has 118 valence electrons. The summed E-state index contributed by atoms with van der Waals surface area (Å²) in [4.78, 5) is 11.1. The molecular weight excluding hydrogens is 285 g/mol. The van der Waals surface area contributed by atoms with Crippen molar-refractivity contribution < 1.29 is 27.8 Å². The second-order valence-corrected chi connectivity index (χ2v) is 5.54. The first kappa shape index (κ1) is 17.3. The summed E-state index contributed by atoms with van der Waals surface area (Å²) in [5.74, 6) is -1.12. The number of rotatable bonds is 5. The molecule has 1 aromatic rings. The van der Waals surface area contributed by atoms with Crippen molar-refractivity contribution in [3.05, 3.63) is 29.3 Å². The Morgan fingerprint density at radius 2 is 1.90 bits per heavy atom. The topological polar surface area (TPSA) is 46.5 Å². The zero-order valence-corrected chi connectivity index (χ0v) is 12.3. The quantitative estimate of drug-likeness (QED) is 0.835. The molecule has 0 radical (unpaired) electrons. The van der Waals surface area contributed by atoms with Crippen molar-refractivity contribution in [1.29, 1.82) is 0 Å². The fraction of sp³-hybridized carbons (Fsp3) is 0.533. The summed E-state index contributed by atoms with van der Waals surface area (Å²) in [7, 11) is 1.29. The van der Waals surface area contributed by atoms with Gasteiger partial charge in [0.05, 0.1) is 12.7 Å². The highest BCUT2D eigenvalue weighted by Crippen LogP contribution is 2.39. The van der Waals surface area contributed by atoms with Crippen molar-refractivity contribution in [3.8, 4) is 5.75 Å². The van der Waals surface area contributed by atoms with Gasteiger partial charge in [-0.3, -0.25) is 4.79 Å². The van der Waals surface area contributed by atoms with Crippen LogP contribution in [0.3, 0.4) is 0 Å². The number of methoxy groups -OCH3 is 1. The van der Waals surface area contributed by atoms with Crippen LogP contribution in [0.25, 0.3) is 0 Å². The van der Waals surface area contributed by atoms with E-state index in [1.807, 2.05) is 0 Å². The maximum atomic E-state index is 12.8. The number of halogens is 3. The van der Waals surface area contributed by atoms with Crippen LogP contribution < -0.4 is 0 Å². The van der Waals surface area contributed by atoms with Crippen LogP contribution in [-0.2, 0) is 21.1 Å². The standard InChI is InChI=1S/C15H19F3O3/c1-14(2,8-4-5-13(20)21-3)10-6-7-12(19)11(9-10)15(16,17)18/h6-7,9,19H,4-5,8H2,1-3H3. The van der Waals surface area contributed by atoms with Crippen LogP contribution in [0.15, 0.2) is 18.2 Å². The zero-order valence-electron chi connectivity index (χ0n) is 12.3. The molecule has 0 heterocycles. The molecule has 6 heteroatoms. The minimum Gasteiger partial charge on any atom is -0.507 e. The molecule has 3 nitrogen and oxygen atoms in total. The third-order valence-electron chi connectivity index (χ3n) is 3.49. The van der Waals surface area contributed by atoms with E-state index < -0.39 is 22.9 Å². The minimum absolute atomic E-state index is 0.226. The summed E-state index contributed by atoms with van der Waals surface area (Å²) in [5, 5.41) is 9.34. The number of alkyl halides is 3. The van der Waals surface area contributed by atoms with E-state index in [1.54, 1.807) is 13.8 Å². The van der Waals surface area contributed by atoms with Crippen molar-refractivity contribution in [2.75, 3.05) is 7.11 Å². The molecule has 0 fully saturated rings. The van der Waals surface area contributed by atoms with Crippen molar-refractivity contribution in [2.45, 2.75) is 44.7 Å². The first-order valence-corrected chi connectivity index (χ1v) is 6.55. The second-order valence-electron chi connectivity index (χ2n) is 5.54. The number of ether oxygens (including phenoxy) is 1. The van der Waals surface area contributed by atoms with E-state index in [2.05, 4.69) is 4.74 Å². The highest BCUT2D eigenvalue weighted by atomic mass is 19.4. The monoisotopic (exact) mass is 304 g/mol. The Kier molecular flexibility index (Phi) is 5.25. The van der Waals surface area contributed by atoms with E-state index in [1.165, 1.54) is 13.2 Å². The molecule has 1 N–H and O–H groups in total. The Morgan fingerprint density at radius 1 is 1.29 bits per heavy atom. The average Bonchev–Trinajstić information content (AvgIpc) is 2.37. The smallest absolute Gasteiger partial charge is 0.419 e. The van der Waals surface area contributed by atoms with Crippen LogP contribution in [0.2, 0.25) is 0 Å². The largest absolute Gasteiger partial charge is 0.507 e. The van der Waals surface area contributed by atoms with Crippen LogP contribution in [0.4, 0.5) is 13.2 Å². The van der Waals surface area contributed by atoms with Crippen LogP contribution in [-0.4, -0.2) is 18.2 Å². The third-order valence-corrected chi connectivity index (χ3v) is 3.49. The SMILES string of the molecule is COC(=O)CCCC(C)(C)c1ccc(O)c(C(F)(F)F)c1. The minimum atomic E-state index is -4.60. The van der Waals surface area contributed by atoms with Gasteiger partial charge in [0, 0.05) is 6.42 Å². The second kappa shape index (κ2) is 6.37. The van der Waals surface area contributed by atoms with E-state index >= 15 is 0 Å². The van der Waals surface area contributed by atoms with Crippen molar-refractivity contribution in [2.24, 2.45) is 0 Å². The first-order chi connectivity index (χ1) is 9.58. The van der Waals surface area contributed by atoms with E-state index in [-0.39, 0.29) is 12.4 Å². The molecule has 0 spiro atoms. The van der Waals surface area contributed by atoms with Crippen molar-refractivity contribution >= 4 is 5.97 Å². The van der Waals surface area contributed by atoms with Gasteiger partial charge in [-0.2, -0.15) is 13.2 Å². The number of esters is 1. The van der Waals surface area contributed by atoms with Gasteiger partial charge >= 0.3 is 12.1 Å². The summed E-state index contributed by atoms with van der Waals surface area (Å²) < 4.78 is 42.9. The maximum Gasteiger partial charge on any atom is 0.419 e. The van der Waals surface area contributed by atoms with E-state index in [0.717, 1.165) is 12.1 Å². The molecule has 0 unspecified atom stereocenters. The molecule has 0 saturated heterocycles. The van der Waals surface area contributed by atoms with Crippen LogP contribution in [0.1, 0.15) is 44.2 Å². The van der Waals surface area contributed by atoms with Gasteiger partial charge in [-0.25, -0.2) is 0 Å². The van der Waals surface area contributed by atoms with Crippen LogP contribution in [0, 0.1) is 0 Å². The van der Waals surface area contributed by atoms with Gasteiger partial charge in [0.25, 0.3) is 0 Å². The molecule has 0 bridgehead atoms. The molecule has 0 aliphatic carbocycles. The maximum absolute atomic E-state index is 12.8. The molecule has 0 aliphatic heterocycles. The van der Waals surface area contributed by atoms with Crippen molar-refractivity contribution in [3.63, 3.8) is 0 Å². The lowest BCUT2D eigenvalue weighted by atomic mass is 9.79. The Morgan fingerprint density at radius 3 is 2.43 bits per heavy atom. The van der Waals surface area contributed by atoms with Gasteiger partial charge in [0.1, 0.15) is 5.75 Å². The molecule has 0 atom stereocenters. The molecule has 0 saturated carbocycles. The average molecular weight is 304 g/mol. The fourth-order valence-electron chi connectivity index (χ4n) is 2.11. The molecule has 0 aliphatic rings. The predicted octanol–water partition coefficient (Wildman–Crippen LogP) is 4.03. The van der Waals surface area contributed by atoms with Gasteiger partial charge in [-0.05, 0) is 36.0 Å². The number of carbonyl (C=O) groups excluding carboxylic acids is 1. The predicted molar refractivity (Wildman–Crippen MR) is 72.0 cm³/mol. The van der Waals surface area contributed by atoms with Gasteiger partial charge in [0.2, 0.25) is 0 Å². The highest BCUT2D eigenvalue weighted by Gasteiger charge is 2.35. The summed E-state index contributed by atoms with van der Waals surface area (Å²) in [5.41, 5.74) is -1.11. The number of phenols is 1. The Balaban J connectivity index is 2.90. The highest BCUT2D eigenvalue weighted by molar-refractivity contribution is 5.69. The van der Waals surface area contributed by atoms with Crippen LogP contribution >= 0.6 is 0 Å². The lowest BCUT2D eigenvalue weighted by Crippen LogP contribution is -2.19. The first-order valence-electron chi connectivity index (χ1n) is 6.55. The fourth-order valence-corrected chi connectivity index (χ4v) is 2.11. The zero-order chi connectivity index (χ0) is 16.3. The number of benzene rings is 1. The summed E-state index contributed by atoms with van der Waals surface area (Å²) >= 11 is 0. The summed E-state index contributed by atoms with van der Waals surface area (Å²) in [6.07, 6.45) is -3.32. The summed E-state index contributed by atoms with van der Waals surface area (Å²) in [6.45, 7) is 3.60. The number of hydrogen-bond acceptors (Lipinski definition) is 3. The van der Waals surface area contributed by atoms with E-state index in [9.17, 15) is 23.1 Å². The number of hydrogen-bond donors (Lipinski definition) is 1. The molecule has 0 amide bonds. The Hall–Kier alpha value is -1.72. The summed E-state index contributed by atoms with van der Waals surface area (Å²) in [6, 6.07) is 3.50. The lowest BCUT2D eigenvalue weighted by Gasteiger charge is -2.26. The molecule has 21 heavy (non-hydrogen) atoms. The Labute approximate surface area is 121 Å². The normalized spacial score (nSPS) is 12.3. The van der Waals surface area contributed by atoms with Gasteiger partial charge in [-0.1, -0.05) is 19.9 Å². The number of carbonyl (C=O) groups is 1. The molecule has 1 aromatic carbocycles. The van der Waals surface area contributed by atoms with Gasteiger partial charge in [-0.15, -0.1) is 0 Å². The van der Waals surface area contributed by atoms with Gasteiger partial charge in [0.15, 0.2) is 0 Å². The van der Waals surface area contributed by atoms with Crippen LogP contribution in [0.5, 0.6) is 5.75 Å². The number of phenolic OH excluding ortho intramolecular Hbond substituents is 1. The Bertz CT molecular complexity index is 507. The molecular formula is C15H19F3O3. The van der Waals surface area contributed by atoms with E-state index in [4.69, 9.17) is 0 Å². The molecule has 1 rings (SSSR count). The van der Waals surface area contributed by atoms with Crippen molar-refractivity contribution in [1.82, 2.24) is 0 Å². The third kappa shape index (κ3) is 4.65. The van der Waals surface area contributed by atoms with E-state index in [0.29, 0.717) is 18.4 Å².